The van der Waals surface area contributed by atoms with Crippen molar-refractivity contribution in [2.75, 3.05) is 6.61 Å². The molecule has 4 heteroatoms. The number of para-hydroxylation sites is 2. The summed E-state index contributed by atoms with van der Waals surface area (Å²) in [7, 11) is 0. The van der Waals surface area contributed by atoms with Gasteiger partial charge in [-0.2, -0.15) is 0 Å². The summed E-state index contributed by atoms with van der Waals surface area (Å²) < 4.78 is 7.33. The van der Waals surface area contributed by atoms with E-state index < -0.39 is 0 Å². The molecular weight excluding hydrogens is 288 g/mol. The molecule has 4 nitrogen and oxygen atoms in total. The average molecular weight is 308 g/mol. The second-order valence-electron chi connectivity index (χ2n) is 5.52. The fraction of sp³-hybridized carbons (Fsp3) is 0.263. The van der Waals surface area contributed by atoms with Gasteiger partial charge in [-0.3, -0.25) is 9.36 Å². The summed E-state index contributed by atoms with van der Waals surface area (Å²) in [4.78, 5) is 17.7. The first-order valence-electron chi connectivity index (χ1n) is 7.86. The van der Waals surface area contributed by atoms with Crippen molar-refractivity contribution in [3.05, 3.63) is 70.3 Å². The maximum atomic E-state index is 13.0. The molecular formula is C19H20N2O2. The predicted octanol–water partition coefficient (Wildman–Crippen LogP) is 3.62. The van der Waals surface area contributed by atoms with E-state index in [-0.39, 0.29) is 5.56 Å². The van der Waals surface area contributed by atoms with Crippen LogP contribution in [0.4, 0.5) is 0 Å². The van der Waals surface area contributed by atoms with Gasteiger partial charge >= 0.3 is 0 Å². The molecule has 2 aromatic carbocycles. The molecule has 3 aromatic rings. The lowest BCUT2D eigenvalue weighted by molar-refractivity contribution is 0.114. The highest BCUT2D eigenvalue weighted by molar-refractivity contribution is 5.77. The predicted molar refractivity (Wildman–Crippen MR) is 92.0 cm³/mol. The van der Waals surface area contributed by atoms with E-state index >= 15 is 0 Å². The minimum Gasteiger partial charge on any atom is -0.374 e. The second kappa shape index (κ2) is 6.75. The minimum atomic E-state index is -0.0556. The van der Waals surface area contributed by atoms with Crippen molar-refractivity contribution in [1.29, 1.82) is 0 Å². The normalized spacial score (nSPS) is 11.0. The second-order valence-corrected chi connectivity index (χ2v) is 5.52. The molecule has 1 aromatic heterocycles. The summed E-state index contributed by atoms with van der Waals surface area (Å²) in [6.45, 7) is 5.02. The van der Waals surface area contributed by atoms with E-state index in [0.717, 1.165) is 17.7 Å². The number of benzene rings is 2. The van der Waals surface area contributed by atoms with Crippen molar-refractivity contribution in [1.82, 2.24) is 9.55 Å². The molecule has 1 heterocycles. The van der Waals surface area contributed by atoms with E-state index in [4.69, 9.17) is 4.74 Å². The van der Waals surface area contributed by atoms with E-state index in [1.165, 1.54) is 0 Å². The summed E-state index contributed by atoms with van der Waals surface area (Å²) in [5.41, 5.74) is 2.53. The Bertz CT molecular complexity index is 884. The summed E-state index contributed by atoms with van der Waals surface area (Å²) >= 11 is 0. The van der Waals surface area contributed by atoms with E-state index in [9.17, 15) is 4.79 Å². The zero-order valence-electron chi connectivity index (χ0n) is 13.5. The van der Waals surface area contributed by atoms with Crippen LogP contribution in [-0.4, -0.2) is 16.2 Å². The molecule has 0 radical (unpaired) electrons. The number of ether oxygens (including phenoxy) is 1. The van der Waals surface area contributed by atoms with Gasteiger partial charge in [-0.15, -0.1) is 0 Å². The maximum Gasteiger partial charge on any atom is 0.266 e. The fourth-order valence-corrected chi connectivity index (χ4v) is 2.65. The number of aromatic nitrogens is 2. The lowest BCUT2D eigenvalue weighted by Gasteiger charge is -2.15. The smallest absolute Gasteiger partial charge is 0.266 e. The fourth-order valence-electron chi connectivity index (χ4n) is 2.65. The van der Waals surface area contributed by atoms with Gasteiger partial charge in [0.25, 0.3) is 5.56 Å². The molecule has 0 fully saturated rings. The first-order valence-corrected chi connectivity index (χ1v) is 7.86. The molecule has 0 aliphatic rings. The standard InChI is InChI=1S/C19H20N2O2/c1-3-12-23-13-18-20-16-10-6-5-9-15(16)19(22)21(18)17-11-7-4-8-14(17)2/h4-11H,3,12-13H2,1-2H3. The quantitative estimate of drug-likeness (QED) is 0.676. The highest BCUT2D eigenvalue weighted by Crippen LogP contribution is 2.16. The SMILES string of the molecule is CCCOCc1nc2ccccc2c(=O)n1-c1ccccc1C. The molecule has 0 spiro atoms. The summed E-state index contributed by atoms with van der Waals surface area (Å²) in [6, 6.07) is 15.3. The Morgan fingerprint density at radius 2 is 1.83 bits per heavy atom. The molecule has 0 saturated heterocycles. The highest BCUT2D eigenvalue weighted by Gasteiger charge is 2.13. The van der Waals surface area contributed by atoms with E-state index in [1.807, 2.05) is 55.5 Å². The molecule has 3 rings (SSSR count). The zero-order chi connectivity index (χ0) is 16.2. The third-order valence-corrected chi connectivity index (χ3v) is 3.78. The number of fused-ring (bicyclic) bond motifs is 1. The van der Waals surface area contributed by atoms with Crippen LogP contribution in [0.1, 0.15) is 24.7 Å². The topological polar surface area (TPSA) is 44.1 Å². The van der Waals surface area contributed by atoms with Crippen LogP contribution in [0.3, 0.4) is 0 Å². The van der Waals surface area contributed by atoms with E-state index in [2.05, 4.69) is 11.9 Å². The Morgan fingerprint density at radius 1 is 1.09 bits per heavy atom. The van der Waals surface area contributed by atoms with Gasteiger partial charge in [-0.05, 0) is 37.1 Å². The molecule has 0 aliphatic carbocycles. The van der Waals surface area contributed by atoms with Crippen LogP contribution in [0.5, 0.6) is 0 Å². The van der Waals surface area contributed by atoms with Gasteiger partial charge in [-0.25, -0.2) is 4.98 Å². The van der Waals surface area contributed by atoms with Gasteiger partial charge in [-0.1, -0.05) is 37.3 Å². The Hall–Kier alpha value is -2.46. The molecule has 0 saturated carbocycles. The summed E-state index contributed by atoms with van der Waals surface area (Å²) in [6.07, 6.45) is 0.933. The van der Waals surface area contributed by atoms with Crippen LogP contribution in [0.25, 0.3) is 16.6 Å². The summed E-state index contributed by atoms with van der Waals surface area (Å²) in [5, 5.41) is 0.620. The highest BCUT2D eigenvalue weighted by atomic mass is 16.5. The third kappa shape index (κ3) is 3.03. The first-order chi connectivity index (χ1) is 11.2. The molecule has 23 heavy (non-hydrogen) atoms. The van der Waals surface area contributed by atoms with Crippen molar-refractivity contribution >= 4 is 10.9 Å². The van der Waals surface area contributed by atoms with E-state index in [0.29, 0.717) is 29.9 Å². The van der Waals surface area contributed by atoms with Crippen molar-refractivity contribution in [3.8, 4) is 5.69 Å². The number of nitrogens with zero attached hydrogens (tertiary/aromatic N) is 2. The average Bonchev–Trinajstić information content (AvgIpc) is 2.57. The van der Waals surface area contributed by atoms with Gasteiger partial charge in [0.05, 0.1) is 16.6 Å². The minimum absolute atomic E-state index is 0.0556. The molecule has 118 valence electrons. The lowest BCUT2D eigenvalue weighted by Crippen LogP contribution is -2.25. The Morgan fingerprint density at radius 3 is 2.61 bits per heavy atom. The van der Waals surface area contributed by atoms with Crippen LogP contribution in [-0.2, 0) is 11.3 Å². The molecule has 0 bridgehead atoms. The van der Waals surface area contributed by atoms with Crippen LogP contribution in [0, 0.1) is 6.92 Å². The van der Waals surface area contributed by atoms with Crippen LogP contribution in [0.2, 0.25) is 0 Å². The Kier molecular flexibility index (Phi) is 4.53. The number of rotatable bonds is 5. The molecule has 0 amide bonds. The van der Waals surface area contributed by atoms with Gasteiger partial charge < -0.3 is 4.74 Å². The molecule has 0 unspecified atom stereocenters. The summed E-state index contributed by atoms with van der Waals surface area (Å²) in [5.74, 6) is 0.636. The van der Waals surface area contributed by atoms with Crippen molar-refractivity contribution in [3.63, 3.8) is 0 Å². The van der Waals surface area contributed by atoms with Gasteiger partial charge in [0.15, 0.2) is 0 Å². The number of hydrogen-bond acceptors (Lipinski definition) is 3. The Labute approximate surface area is 135 Å². The number of aryl methyl sites for hydroxylation is 1. The van der Waals surface area contributed by atoms with Crippen LogP contribution in [0.15, 0.2) is 53.3 Å². The van der Waals surface area contributed by atoms with E-state index in [1.54, 1.807) is 4.57 Å². The molecule has 0 atom stereocenters. The largest absolute Gasteiger partial charge is 0.374 e. The monoisotopic (exact) mass is 308 g/mol. The van der Waals surface area contributed by atoms with Crippen LogP contribution >= 0.6 is 0 Å². The van der Waals surface area contributed by atoms with Crippen LogP contribution < -0.4 is 5.56 Å². The lowest BCUT2D eigenvalue weighted by atomic mass is 10.2. The number of hydrogen-bond donors (Lipinski definition) is 0. The van der Waals surface area contributed by atoms with Crippen molar-refractivity contribution in [2.24, 2.45) is 0 Å². The molecule has 0 N–H and O–H groups in total. The zero-order valence-corrected chi connectivity index (χ0v) is 13.5. The van der Waals surface area contributed by atoms with Crippen molar-refractivity contribution < 1.29 is 4.74 Å². The molecule has 0 aliphatic heterocycles. The Balaban J connectivity index is 2.24. The first kappa shape index (κ1) is 15.4. The van der Waals surface area contributed by atoms with Crippen molar-refractivity contribution in [2.45, 2.75) is 26.9 Å². The van der Waals surface area contributed by atoms with Gasteiger partial charge in [0.2, 0.25) is 0 Å². The maximum absolute atomic E-state index is 13.0. The van der Waals surface area contributed by atoms with Gasteiger partial charge in [0, 0.05) is 6.61 Å². The third-order valence-electron chi connectivity index (χ3n) is 3.78. The van der Waals surface area contributed by atoms with Gasteiger partial charge in [0.1, 0.15) is 12.4 Å².